The predicted molar refractivity (Wildman–Crippen MR) is 93.6 cm³/mol. The van der Waals surface area contributed by atoms with Gasteiger partial charge in [0.1, 0.15) is 12.4 Å². The molecule has 0 aromatic carbocycles. The summed E-state index contributed by atoms with van der Waals surface area (Å²) >= 11 is 0. The van der Waals surface area contributed by atoms with Crippen molar-refractivity contribution in [2.24, 2.45) is 11.8 Å². The van der Waals surface area contributed by atoms with E-state index in [1.165, 1.54) is 25.3 Å². The minimum atomic E-state index is -0.297. The van der Waals surface area contributed by atoms with Crippen molar-refractivity contribution in [1.29, 1.82) is 0 Å². The van der Waals surface area contributed by atoms with Crippen LogP contribution in [0.3, 0.4) is 0 Å². The summed E-state index contributed by atoms with van der Waals surface area (Å²) in [7, 11) is 0. The minimum Gasteiger partial charge on any atom is -0.459 e. The molecular weight excluding hydrogens is 304 g/mol. The molecule has 4 nitrogen and oxygen atoms in total. The van der Waals surface area contributed by atoms with E-state index in [-0.39, 0.29) is 18.2 Å². The highest BCUT2D eigenvalue weighted by atomic mass is 16.5. The number of carbonyl (C=O) groups excluding carboxylic acids is 2. The summed E-state index contributed by atoms with van der Waals surface area (Å²) in [4.78, 5) is 21.8. The highest BCUT2D eigenvalue weighted by molar-refractivity contribution is 5.81. The van der Waals surface area contributed by atoms with E-state index >= 15 is 0 Å². The Labute approximate surface area is 145 Å². The summed E-state index contributed by atoms with van der Waals surface area (Å²) in [5.41, 5.74) is 0.519. The van der Waals surface area contributed by atoms with E-state index < -0.39 is 0 Å². The van der Waals surface area contributed by atoms with Gasteiger partial charge in [-0.2, -0.15) is 0 Å². The van der Waals surface area contributed by atoms with Crippen LogP contribution in [0.2, 0.25) is 0 Å². The summed E-state index contributed by atoms with van der Waals surface area (Å²) < 4.78 is 11.1. The monoisotopic (exact) mass is 334 g/mol. The van der Waals surface area contributed by atoms with Crippen LogP contribution in [0.15, 0.2) is 24.8 Å². The molecular formula is C20H30O4. The van der Waals surface area contributed by atoms with E-state index in [1.807, 2.05) is 0 Å². The number of rotatable bonds is 8. The van der Waals surface area contributed by atoms with Crippen LogP contribution in [-0.4, -0.2) is 31.1 Å². The van der Waals surface area contributed by atoms with Crippen LogP contribution in [0.25, 0.3) is 0 Å². The molecule has 0 aliphatic heterocycles. The van der Waals surface area contributed by atoms with E-state index in [1.54, 1.807) is 0 Å². The average molecular weight is 334 g/mol. The third kappa shape index (κ3) is 6.23. The third-order valence-electron chi connectivity index (χ3n) is 5.37. The van der Waals surface area contributed by atoms with Crippen molar-refractivity contribution in [3.8, 4) is 0 Å². The Morgan fingerprint density at radius 2 is 1.50 bits per heavy atom. The van der Waals surface area contributed by atoms with Gasteiger partial charge in [-0.15, -0.1) is 0 Å². The van der Waals surface area contributed by atoms with Crippen molar-refractivity contribution < 1.29 is 19.1 Å². The lowest BCUT2D eigenvalue weighted by molar-refractivity contribution is -0.144. The molecule has 0 saturated heterocycles. The summed E-state index contributed by atoms with van der Waals surface area (Å²) in [6.45, 7) is 7.46. The predicted octanol–water partition coefficient (Wildman–Crippen LogP) is 4.00. The first kappa shape index (κ1) is 18.9. The molecule has 2 saturated carbocycles. The zero-order valence-electron chi connectivity index (χ0n) is 14.6. The van der Waals surface area contributed by atoms with Gasteiger partial charge in [0.15, 0.2) is 0 Å². The van der Waals surface area contributed by atoms with Gasteiger partial charge in [-0.05, 0) is 69.6 Å². The topological polar surface area (TPSA) is 52.6 Å². The molecule has 4 heteroatoms. The molecule has 0 N–H and O–H groups in total. The Kier molecular flexibility index (Phi) is 7.70. The molecule has 0 bridgehead atoms. The van der Waals surface area contributed by atoms with Crippen molar-refractivity contribution in [3.63, 3.8) is 0 Å². The standard InChI is InChI=1S/C20H30O4/c1-3-20(22)24-19-10-6-17(7-11-19)12-16-4-8-18(9-5-16)23-14-15(2)13-21/h3,13,16-19H,1-2,4-12,14H2. The summed E-state index contributed by atoms with van der Waals surface area (Å²) in [5, 5.41) is 0. The molecule has 0 unspecified atom stereocenters. The smallest absolute Gasteiger partial charge is 0.330 e. The minimum absolute atomic E-state index is 0.0850. The van der Waals surface area contributed by atoms with Crippen molar-refractivity contribution in [2.75, 3.05) is 6.61 Å². The maximum atomic E-state index is 11.2. The highest BCUT2D eigenvalue weighted by Gasteiger charge is 2.28. The van der Waals surface area contributed by atoms with Crippen LogP contribution >= 0.6 is 0 Å². The zero-order chi connectivity index (χ0) is 17.4. The summed E-state index contributed by atoms with van der Waals surface area (Å²) in [5.74, 6) is 1.26. The quantitative estimate of drug-likeness (QED) is 0.382. The number of hydrogen-bond acceptors (Lipinski definition) is 4. The zero-order valence-corrected chi connectivity index (χ0v) is 14.6. The highest BCUT2D eigenvalue weighted by Crippen LogP contribution is 2.36. The molecule has 0 aromatic rings. The van der Waals surface area contributed by atoms with Crippen LogP contribution in [0.4, 0.5) is 0 Å². The fourth-order valence-corrected chi connectivity index (χ4v) is 3.96. The van der Waals surface area contributed by atoms with Gasteiger partial charge < -0.3 is 9.47 Å². The number of aldehydes is 1. The van der Waals surface area contributed by atoms with Gasteiger partial charge in [0.05, 0.1) is 12.7 Å². The van der Waals surface area contributed by atoms with E-state index in [4.69, 9.17) is 9.47 Å². The van der Waals surface area contributed by atoms with Gasteiger partial charge in [0.25, 0.3) is 0 Å². The summed E-state index contributed by atoms with van der Waals surface area (Å²) in [6.07, 6.45) is 12.6. The molecule has 2 rings (SSSR count). The molecule has 2 aliphatic rings. The molecule has 0 aromatic heterocycles. The van der Waals surface area contributed by atoms with E-state index in [2.05, 4.69) is 13.2 Å². The molecule has 0 amide bonds. The average Bonchev–Trinajstić information content (AvgIpc) is 2.62. The molecule has 24 heavy (non-hydrogen) atoms. The lowest BCUT2D eigenvalue weighted by Gasteiger charge is -2.33. The Bertz CT molecular complexity index is 441. The Hall–Kier alpha value is -1.42. The lowest BCUT2D eigenvalue weighted by Crippen LogP contribution is -2.27. The normalized spacial score (nSPS) is 30.3. The Morgan fingerprint density at radius 3 is 2.00 bits per heavy atom. The van der Waals surface area contributed by atoms with Crippen LogP contribution in [0.1, 0.15) is 57.8 Å². The summed E-state index contributed by atoms with van der Waals surface area (Å²) in [6, 6.07) is 0. The second-order valence-corrected chi connectivity index (χ2v) is 7.25. The van der Waals surface area contributed by atoms with Crippen molar-refractivity contribution in [2.45, 2.75) is 70.0 Å². The lowest BCUT2D eigenvalue weighted by atomic mass is 9.76. The van der Waals surface area contributed by atoms with Crippen LogP contribution < -0.4 is 0 Å². The van der Waals surface area contributed by atoms with Crippen molar-refractivity contribution >= 4 is 12.3 Å². The van der Waals surface area contributed by atoms with Gasteiger partial charge in [-0.1, -0.05) is 13.2 Å². The van der Waals surface area contributed by atoms with Crippen molar-refractivity contribution in [3.05, 3.63) is 24.8 Å². The van der Waals surface area contributed by atoms with Crippen molar-refractivity contribution in [1.82, 2.24) is 0 Å². The first-order valence-electron chi connectivity index (χ1n) is 9.18. The first-order chi connectivity index (χ1) is 11.6. The fraction of sp³-hybridized carbons (Fsp3) is 0.700. The third-order valence-corrected chi connectivity index (χ3v) is 5.37. The maximum absolute atomic E-state index is 11.2. The molecule has 134 valence electrons. The number of ether oxygens (including phenoxy) is 2. The molecule has 0 spiro atoms. The number of hydrogen-bond donors (Lipinski definition) is 0. The van der Waals surface area contributed by atoms with E-state index in [9.17, 15) is 9.59 Å². The SMILES string of the molecule is C=CC(=O)OC1CCC(CC2CCC(OCC(=C)C=O)CC2)CC1. The molecule has 2 fully saturated rings. The van der Waals surface area contributed by atoms with Crippen LogP contribution in [0, 0.1) is 11.8 Å². The van der Waals surface area contributed by atoms with Gasteiger partial charge in [-0.25, -0.2) is 4.79 Å². The van der Waals surface area contributed by atoms with Crippen LogP contribution in [-0.2, 0) is 19.1 Å². The van der Waals surface area contributed by atoms with E-state index in [0.717, 1.165) is 56.6 Å². The second-order valence-electron chi connectivity index (χ2n) is 7.25. The van der Waals surface area contributed by atoms with Gasteiger partial charge >= 0.3 is 5.97 Å². The fourth-order valence-electron chi connectivity index (χ4n) is 3.96. The van der Waals surface area contributed by atoms with Gasteiger partial charge in [0, 0.05) is 11.6 Å². The maximum Gasteiger partial charge on any atom is 0.330 e. The Balaban J connectivity index is 1.61. The largest absolute Gasteiger partial charge is 0.459 e. The Morgan fingerprint density at radius 1 is 0.958 bits per heavy atom. The first-order valence-corrected chi connectivity index (χ1v) is 9.18. The number of carbonyl (C=O) groups is 2. The van der Waals surface area contributed by atoms with Gasteiger partial charge in [0.2, 0.25) is 0 Å². The second kappa shape index (κ2) is 9.77. The molecule has 2 aliphatic carbocycles. The van der Waals surface area contributed by atoms with Gasteiger partial charge in [-0.3, -0.25) is 4.79 Å². The molecule has 0 radical (unpaired) electrons. The van der Waals surface area contributed by atoms with E-state index in [0.29, 0.717) is 12.2 Å². The molecule has 0 atom stereocenters. The number of esters is 1. The molecule has 0 heterocycles. The van der Waals surface area contributed by atoms with Crippen LogP contribution in [0.5, 0.6) is 0 Å².